The van der Waals surface area contributed by atoms with E-state index in [1.165, 1.54) is 18.2 Å². The summed E-state index contributed by atoms with van der Waals surface area (Å²) in [5, 5.41) is 8.31. The molecule has 0 saturated heterocycles. The number of hydrogen-bond donors (Lipinski definition) is 1. The van der Waals surface area contributed by atoms with Crippen molar-refractivity contribution in [1.82, 2.24) is 4.31 Å². The summed E-state index contributed by atoms with van der Waals surface area (Å²) < 4.78 is 49.2. The number of halogens is 3. The Hall–Kier alpha value is -1.51. The quantitative estimate of drug-likeness (QED) is 0.807. The largest absolute Gasteiger partial charge is 0.478 e. The number of hydrogen-bond acceptors (Lipinski definition) is 3. The second-order valence-electron chi connectivity index (χ2n) is 4.04. The second kappa shape index (κ2) is 6.97. The predicted octanol–water partition coefficient (Wildman–Crippen LogP) is 2.32. The van der Waals surface area contributed by atoms with Gasteiger partial charge in [0, 0.05) is 13.1 Å². The monoisotopic (exact) mass is 339 g/mol. The van der Waals surface area contributed by atoms with Gasteiger partial charge in [0.15, 0.2) is 0 Å². The molecule has 0 aliphatic carbocycles. The maximum atomic E-state index is 12.3. The van der Waals surface area contributed by atoms with E-state index in [1.54, 1.807) is 0 Å². The first kappa shape index (κ1) is 17.5. The second-order valence-corrected chi connectivity index (χ2v) is 6.46. The van der Waals surface area contributed by atoms with Gasteiger partial charge in [-0.2, -0.15) is 4.31 Å². The molecule has 0 aromatic heterocycles. The lowest BCUT2D eigenvalue weighted by Gasteiger charge is -2.17. The standard InChI is InChI=1S/C12H12ClF2NO4S/c1-16(7-11(14)15)21(19,20)10-4-2-8(6-9(10)13)3-5-12(17)18/h2-6,11H,7H2,1H3,(H,17,18)/b5-3+. The average Bonchev–Trinajstić information content (AvgIpc) is 2.35. The fourth-order valence-corrected chi connectivity index (χ4v) is 3.13. The van der Waals surface area contributed by atoms with Gasteiger partial charge in [0.1, 0.15) is 4.90 Å². The van der Waals surface area contributed by atoms with Gasteiger partial charge >= 0.3 is 5.97 Å². The number of alkyl halides is 2. The van der Waals surface area contributed by atoms with Crippen LogP contribution in [0.25, 0.3) is 6.08 Å². The Labute approximate surface area is 125 Å². The topological polar surface area (TPSA) is 74.7 Å². The van der Waals surface area contributed by atoms with Crippen LogP contribution in [0.4, 0.5) is 8.78 Å². The summed E-state index contributed by atoms with van der Waals surface area (Å²) >= 11 is 5.84. The molecule has 1 N–H and O–H groups in total. The molecule has 9 heteroatoms. The van der Waals surface area contributed by atoms with Crippen LogP contribution in [0, 0.1) is 0 Å². The third-order valence-electron chi connectivity index (χ3n) is 2.46. The Balaban J connectivity index is 3.12. The van der Waals surface area contributed by atoms with Crippen molar-refractivity contribution < 1.29 is 27.1 Å². The van der Waals surface area contributed by atoms with Crippen molar-refractivity contribution in [2.75, 3.05) is 13.6 Å². The van der Waals surface area contributed by atoms with Gasteiger partial charge in [0.2, 0.25) is 10.0 Å². The molecule has 0 fully saturated rings. The van der Waals surface area contributed by atoms with Gasteiger partial charge in [-0.15, -0.1) is 0 Å². The fourth-order valence-electron chi connectivity index (χ4n) is 1.46. The molecule has 21 heavy (non-hydrogen) atoms. The molecule has 0 bridgehead atoms. The van der Waals surface area contributed by atoms with E-state index in [4.69, 9.17) is 16.7 Å². The Morgan fingerprint density at radius 3 is 2.57 bits per heavy atom. The van der Waals surface area contributed by atoms with Crippen LogP contribution < -0.4 is 0 Å². The molecular weight excluding hydrogens is 328 g/mol. The molecule has 0 aliphatic heterocycles. The molecule has 0 amide bonds. The molecule has 0 aliphatic rings. The van der Waals surface area contributed by atoms with Gasteiger partial charge in [-0.1, -0.05) is 17.7 Å². The first-order valence-electron chi connectivity index (χ1n) is 5.59. The van der Waals surface area contributed by atoms with E-state index in [1.807, 2.05) is 0 Å². The Morgan fingerprint density at radius 2 is 2.10 bits per heavy atom. The lowest BCUT2D eigenvalue weighted by Crippen LogP contribution is -2.31. The summed E-state index contributed by atoms with van der Waals surface area (Å²) in [6.45, 7) is -0.945. The molecule has 1 aromatic carbocycles. The summed E-state index contributed by atoms with van der Waals surface area (Å²) in [5.41, 5.74) is 0.373. The van der Waals surface area contributed by atoms with Crippen molar-refractivity contribution in [3.63, 3.8) is 0 Å². The molecule has 0 unspecified atom stereocenters. The van der Waals surface area contributed by atoms with Crippen molar-refractivity contribution in [3.05, 3.63) is 34.9 Å². The number of carbonyl (C=O) groups is 1. The highest BCUT2D eigenvalue weighted by Crippen LogP contribution is 2.26. The summed E-state index contributed by atoms with van der Waals surface area (Å²) in [7, 11) is -3.11. The zero-order chi connectivity index (χ0) is 16.2. The van der Waals surface area contributed by atoms with E-state index >= 15 is 0 Å². The Morgan fingerprint density at radius 1 is 1.48 bits per heavy atom. The Bertz CT molecular complexity index is 661. The Kier molecular flexibility index (Phi) is 5.82. The highest BCUT2D eigenvalue weighted by Gasteiger charge is 2.25. The van der Waals surface area contributed by atoms with Crippen molar-refractivity contribution in [3.8, 4) is 0 Å². The fraction of sp³-hybridized carbons (Fsp3) is 0.250. The van der Waals surface area contributed by atoms with Crippen LogP contribution in [0.15, 0.2) is 29.2 Å². The molecular formula is C12H12ClF2NO4S. The van der Waals surface area contributed by atoms with E-state index in [0.29, 0.717) is 9.87 Å². The molecule has 0 atom stereocenters. The first-order chi connectivity index (χ1) is 9.64. The van der Waals surface area contributed by atoms with E-state index < -0.39 is 29.0 Å². The first-order valence-corrected chi connectivity index (χ1v) is 7.41. The van der Waals surface area contributed by atoms with Gasteiger partial charge in [-0.3, -0.25) is 0 Å². The maximum Gasteiger partial charge on any atom is 0.328 e. The van der Waals surface area contributed by atoms with Crippen LogP contribution in [0.5, 0.6) is 0 Å². The zero-order valence-corrected chi connectivity index (χ0v) is 12.4. The van der Waals surface area contributed by atoms with Crippen LogP contribution in [0.1, 0.15) is 5.56 Å². The normalized spacial score (nSPS) is 12.5. The number of benzene rings is 1. The molecule has 1 rings (SSSR count). The zero-order valence-electron chi connectivity index (χ0n) is 10.8. The molecule has 0 radical (unpaired) electrons. The number of rotatable bonds is 6. The van der Waals surface area contributed by atoms with Crippen molar-refractivity contribution in [2.45, 2.75) is 11.3 Å². The highest BCUT2D eigenvalue weighted by molar-refractivity contribution is 7.89. The summed E-state index contributed by atoms with van der Waals surface area (Å²) in [4.78, 5) is 10.1. The smallest absolute Gasteiger partial charge is 0.328 e. The summed E-state index contributed by atoms with van der Waals surface area (Å²) in [5.74, 6) is -1.17. The van der Waals surface area contributed by atoms with Gasteiger partial charge < -0.3 is 5.11 Å². The number of carboxylic acids is 1. The van der Waals surface area contributed by atoms with Gasteiger partial charge in [-0.25, -0.2) is 22.0 Å². The van der Waals surface area contributed by atoms with Crippen LogP contribution in [-0.2, 0) is 14.8 Å². The summed E-state index contributed by atoms with van der Waals surface area (Å²) in [6, 6.07) is 3.71. The summed E-state index contributed by atoms with van der Waals surface area (Å²) in [6.07, 6.45) is -0.711. The predicted molar refractivity (Wildman–Crippen MR) is 73.9 cm³/mol. The number of aliphatic carboxylic acids is 1. The van der Waals surface area contributed by atoms with Gasteiger partial charge in [-0.05, 0) is 23.8 Å². The minimum atomic E-state index is -4.13. The molecule has 1 aromatic rings. The number of sulfonamides is 1. The van der Waals surface area contributed by atoms with Crippen LogP contribution in [-0.4, -0.2) is 43.8 Å². The number of nitrogens with zero attached hydrogens (tertiary/aromatic N) is 1. The molecule has 0 spiro atoms. The van der Waals surface area contributed by atoms with Crippen molar-refractivity contribution in [2.24, 2.45) is 0 Å². The lowest BCUT2D eigenvalue weighted by atomic mass is 10.2. The average molecular weight is 340 g/mol. The van der Waals surface area contributed by atoms with E-state index in [0.717, 1.165) is 19.2 Å². The molecule has 0 saturated carbocycles. The molecule has 116 valence electrons. The minimum Gasteiger partial charge on any atom is -0.478 e. The minimum absolute atomic E-state index is 0.177. The third-order valence-corrected chi connectivity index (χ3v) is 4.76. The third kappa shape index (κ3) is 4.76. The van der Waals surface area contributed by atoms with E-state index in [2.05, 4.69) is 0 Å². The van der Waals surface area contributed by atoms with E-state index in [9.17, 15) is 22.0 Å². The number of carboxylic acid groups (broad SMARTS) is 1. The van der Waals surface area contributed by atoms with Gasteiger partial charge in [0.25, 0.3) is 6.43 Å². The SMILES string of the molecule is CN(CC(F)F)S(=O)(=O)c1ccc(/C=C/C(=O)O)cc1Cl. The van der Waals surface area contributed by atoms with Gasteiger partial charge in [0.05, 0.1) is 11.6 Å². The van der Waals surface area contributed by atoms with Crippen LogP contribution >= 0.6 is 11.6 Å². The van der Waals surface area contributed by atoms with Crippen LogP contribution in [0.3, 0.4) is 0 Å². The van der Waals surface area contributed by atoms with Crippen molar-refractivity contribution in [1.29, 1.82) is 0 Å². The van der Waals surface area contributed by atoms with E-state index in [-0.39, 0.29) is 9.92 Å². The van der Waals surface area contributed by atoms with Crippen LogP contribution in [0.2, 0.25) is 5.02 Å². The lowest BCUT2D eigenvalue weighted by molar-refractivity contribution is -0.131. The van der Waals surface area contributed by atoms with Crippen molar-refractivity contribution >= 4 is 33.7 Å². The maximum absolute atomic E-state index is 12.3. The highest BCUT2D eigenvalue weighted by atomic mass is 35.5. The molecule has 0 heterocycles. The molecule has 5 nitrogen and oxygen atoms in total.